The van der Waals surface area contributed by atoms with Gasteiger partial charge in [-0.25, -0.2) is 5.43 Å². The Bertz CT molecular complexity index is 965. The van der Waals surface area contributed by atoms with Crippen molar-refractivity contribution >= 4 is 49.7 Å². The molecule has 2 aromatic carbocycles. The average Bonchev–Trinajstić information content (AvgIpc) is 2.68. The summed E-state index contributed by atoms with van der Waals surface area (Å²) in [5.41, 5.74) is 3.29. The molecular formula is C18H17Br2N3O6. The lowest BCUT2D eigenvalue weighted by atomic mass is 10.2. The van der Waals surface area contributed by atoms with Crippen LogP contribution in [0.1, 0.15) is 18.1 Å². The Hall–Kier alpha value is -2.66. The summed E-state index contributed by atoms with van der Waals surface area (Å²) in [5, 5.41) is 24.9. The summed E-state index contributed by atoms with van der Waals surface area (Å²) in [6.45, 7) is 3.40. The van der Waals surface area contributed by atoms with Crippen molar-refractivity contribution in [1.29, 1.82) is 0 Å². The van der Waals surface area contributed by atoms with E-state index in [1.54, 1.807) is 26.0 Å². The van der Waals surface area contributed by atoms with E-state index in [4.69, 9.17) is 9.47 Å². The predicted molar refractivity (Wildman–Crippen MR) is 114 cm³/mol. The van der Waals surface area contributed by atoms with Crippen LogP contribution in [-0.4, -0.2) is 35.4 Å². The van der Waals surface area contributed by atoms with Crippen molar-refractivity contribution in [3.8, 4) is 17.2 Å². The quantitative estimate of drug-likeness (QED) is 0.301. The predicted octanol–water partition coefficient (Wildman–Crippen LogP) is 4.06. The summed E-state index contributed by atoms with van der Waals surface area (Å²) >= 11 is 6.56. The first-order chi connectivity index (χ1) is 13.7. The number of aromatic hydroxyl groups is 1. The number of hydrazone groups is 1. The molecule has 9 nitrogen and oxygen atoms in total. The van der Waals surface area contributed by atoms with Gasteiger partial charge in [0.25, 0.3) is 5.91 Å². The molecule has 0 unspecified atom stereocenters. The van der Waals surface area contributed by atoms with E-state index in [9.17, 15) is 20.0 Å². The zero-order chi connectivity index (χ0) is 21.6. The molecule has 0 radical (unpaired) electrons. The third kappa shape index (κ3) is 5.91. The number of nitro benzene ring substituents is 1. The summed E-state index contributed by atoms with van der Waals surface area (Å²) in [5.74, 6) is -0.417. The number of amides is 1. The smallest absolute Gasteiger partial charge is 0.311 e. The Balaban J connectivity index is 2.03. The number of nitro groups is 1. The summed E-state index contributed by atoms with van der Waals surface area (Å²) in [4.78, 5) is 22.4. The fourth-order valence-electron chi connectivity index (χ4n) is 2.21. The monoisotopic (exact) mass is 529 g/mol. The van der Waals surface area contributed by atoms with E-state index >= 15 is 0 Å². The second-order valence-corrected chi connectivity index (χ2v) is 7.27. The molecule has 0 spiro atoms. The van der Waals surface area contributed by atoms with Gasteiger partial charge in [-0.05, 0) is 63.4 Å². The maximum absolute atomic E-state index is 11.9. The van der Waals surface area contributed by atoms with Gasteiger partial charge in [0.15, 0.2) is 23.9 Å². The Kier molecular flexibility index (Phi) is 7.97. The molecule has 0 aliphatic carbocycles. The van der Waals surface area contributed by atoms with Crippen LogP contribution >= 0.6 is 31.9 Å². The van der Waals surface area contributed by atoms with Crippen molar-refractivity contribution in [2.75, 3.05) is 13.2 Å². The molecule has 0 aliphatic rings. The zero-order valence-corrected chi connectivity index (χ0v) is 18.6. The Labute approximate surface area is 183 Å². The van der Waals surface area contributed by atoms with Crippen molar-refractivity contribution in [3.05, 3.63) is 54.5 Å². The Morgan fingerprint density at radius 1 is 1.28 bits per heavy atom. The molecule has 0 aromatic heterocycles. The van der Waals surface area contributed by atoms with Crippen LogP contribution in [0.4, 0.5) is 5.69 Å². The largest absolute Gasteiger partial charge is 0.503 e. The van der Waals surface area contributed by atoms with E-state index in [0.717, 1.165) is 0 Å². The molecule has 11 heteroatoms. The summed E-state index contributed by atoms with van der Waals surface area (Å²) in [6, 6.07) is 6.00. The molecule has 0 bridgehead atoms. The number of benzene rings is 2. The van der Waals surface area contributed by atoms with Gasteiger partial charge >= 0.3 is 5.69 Å². The Morgan fingerprint density at radius 2 is 2.00 bits per heavy atom. The van der Waals surface area contributed by atoms with E-state index in [2.05, 4.69) is 42.4 Å². The van der Waals surface area contributed by atoms with E-state index in [-0.39, 0.29) is 22.9 Å². The fourth-order valence-corrected chi connectivity index (χ4v) is 3.04. The van der Waals surface area contributed by atoms with Crippen LogP contribution in [-0.2, 0) is 4.79 Å². The van der Waals surface area contributed by atoms with Crippen LogP contribution in [0.3, 0.4) is 0 Å². The number of hydrogen-bond donors (Lipinski definition) is 2. The standard InChI is InChI=1S/C18H17Br2N3O6/c1-3-28-14-7-11(16(19)17(20)18(14)25)8-21-22-15(24)9-29-13-5-4-10(2)6-12(13)23(26)27/h4-8,25H,3,9H2,1-2H3,(H,22,24). The van der Waals surface area contributed by atoms with Crippen molar-refractivity contribution < 1.29 is 24.3 Å². The van der Waals surface area contributed by atoms with Crippen LogP contribution in [0.15, 0.2) is 38.3 Å². The number of phenolic OH excluding ortho intramolecular Hbond substituents is 1. The van der Waals surface area contributed by atoms with Gasteiger partial charge in [-0.15, -0.1) is 0 Å². The van der Waals surface area contributed by atoms with Gasteiger partial charge in [-0.2, -0.15) is 5.10 Å². The number of rotatable bonds is 8. The maximum atomic E-state index is 11.9. The molecule has 0 saturated heterocycles. The number of carbonyl (C=O) groups is 1. The first kappa shape index (κ1) is 22.6. The number of ether oxygens (including phenoxy) is 2. The highest BCUT2D eigenvalue weighted by molar-refractivity contribution is 9.13. The fraction of sp³-hybridized carbons (Fsp3) is 0.222. The number of nitrogens with zero attached hydrogens (tertiary/aromatic N) is 2. The summed E-state index contributed by atoms with van der Waals surface area (Å²) in [7, 11) is 0. The SMILES string of the molecule is CCOc1cc(C=NNC(=O)COc2ccc(C)cc2[N+](=O)[O-])c(Br)c(Br)c1O. The van der Waals surface area contributed by atoms with Crippen LogP contribution in [0, 0.1) is 17.0 Å². The van der Waals surface area contributed by atoms with Gasteiger partial charge in [0.2, 0.25) is 0 Å². The highest BCUT2D eigenvalue weighted by Gasteiger charge is 2.17. The van der Waals surface area contributed by atoms with E-state index in [1.165, 1.54) is 18.3 Å². The number of phenols is 1. The minimum Gasteiger partial charge on any atom is -0.503 e. The van der Waals surface area contributed by atoms with Crippen molar-refractivity contribution in [2.45, 2.75) is 13.8 Å². The van der Waals surface area contributed by atoms with Crippen LogP contribution < -0.4 is 14.9 Å². The molecule has 154 valence electrons. The highest BCUT2D eigenvalue weighted by atomic mass is 79.9. The lowest BCUT2D eigenvalue weighted by Crippen LogP contribution is -2.24. The molecule has 0 atom stereocenters. The first-order valence-electron chi connectivity index (χ1n) is 8.28. The van der Waals surface area contributed by atoms with Crippen LogP contribution in [0.25, 0.3) is 0 Å². The normalized spacial score (nSPS) is 10.8. The molecule has 0 aliphatic heterocycles. The van der Waals surface area contributed by atoms with E-state index in [0.29, 0.717) is 26.7 Å². The minimum atomic E-state index is -0.602. The molecule has 1 amide bonds. The molecular weight excluding hydrogens is 514 g/mol. The van der Waals surface area contributed by atoms with Gasteiger partial charge in [0.1, 0.15) is 0 Å². The van der Waals surface area contributed by atoms with Gasteiger partial charge in [-0.1, -0.05) is 6.07 Å². The average molecular weight is 531 g/mol. The molecule has 29 heavy (non-hydrogen) atoms. The highest BCUT2D eigenvalue weighted by Crippen LogP contribution is 2.41. The van der Waals surface area contributed by atoms with Gasteiger partial charge in [0.05, 0.1) is 22.2 Å². The third-order valence-corrected chi connectivity index (χ3v) is 5.70. The van der Waals surface area contributed by atoms with Crippen LogP contribution in [0.5, 0.6) is 17.2 Å². The zero-order valence-electron chi connectivity index (χ0n) is 15.4. The summed E-state index contributed by atoms with van der Waals surface area (Å²) in [6.07, 6.45) is 1.35. The third-order valence-electron chi connectivity index (χ3n) is 3.54. The lowest BCUT2D eigenvalue weighted by Gasteiger charge is -2.11. The van der Waals surface area contributed by atoms with E-state index < -0.39 is 17.4 Å². The van der Waals surface area contributed by atoms with Crippen molar-refractivity contribution in [2.24, 2.45) is 5.10 Å². The molecule has 2 aromatic rings. The van der Waals surface area contributed by atoms with Gasteiger partial charge in [-0.3, -0.25) is 14.9 Å². The Morgan fingerprint density at radius 3 is 2.66 bits per heavy atom. The molecule has 2 N–H and O–H groups in total. The topological polar surface area (TPSA) is 123 Å². The van der Waals surface area contributed by atoms with Crippen LogP contribution in [0.2, 0.25) is 0 Å². The first-order valence-corrected chi connectivity index (χ1v) is 9.86. The minimum absolute atomic E-state index is 0.00806. The lowest BCUT2D eigenvalue weighted by molar-refractivity contribution is -0.385. The summed E-state index contributed by atoms with van der Waals surface area (Å²) < 4.78 is 11.5. The molecule has 0 heterocycles. The van der Waals surface area contributed by atoms with Crippen molar-refractivity contribution in [3.63, 3.8) is 0 Å². The number of halogens is 2. The molecule has 0 saturated carbocycles. The second kappa shape index (κ2) is 10.2. The van der Waals surface area contributed by atoms with Crippen molar-refractivity contribution in [1.82, 2.24) is 5.43 Å². The second-order valence-electron chi connectivity index (χ2n) is 5.68. The van der Waals surface area contributed by atoms with E-state index in [1.807, 2.05) is 0 Å². The molecule has 2 rings (SSSR count). The van der Waals surface area contributed by atoms with Gasteiger partial charge < -0.3 is 14.6 Å². The number of aryl methyl sites for hydroxylation is 1. The maximum Gasteiger partial charge on any atom is 0.311 e. The number of carbonyl (C=O) groups excluding carboxylic acids is 1. The number of hydrogen-bond acceptors (Lipinski definition) is 7. The van der Waals surface area contributed by atoms with Gasteiger partial charge in [0, 0.05) is 16.1 Å². The molecule has 0 fully saturated rings. The number of nitrogens with one attached hydrogen (secondary N) is 1.